The van der Waals surface area contributed by atoms with E-state index in [0.717, 1.165) is 6.29 Å². The maximum absolute atomic E-state index is 11.2. The van der Waals surface area contributed by atoms with Crippen LogP contribution in [0.1, 0.15) is 33.1 Å². The number of hydrogen-bond acceptors (Lipinski definition) is 5. The minimum Gasteiger partial charge on any atom is -0.447 e. The summed E-state index contributed by atoms with van der Waals surface area (Å²) in [6, 6.07) is 0. The maximum Gasteiger partial charge on any atom is 0.407 e. The molecule has 2 N–H and O–H groups in total. The van der Waals surface area contributed by atoms with Gasteiger partial charge in [-0.3, -0.25) is 0 Å². The minimum atomic E-state index is -0.559. The number of aldehydes is 1. The molecule has 2 atom stereocenters. The largest absolute Gasteiger partial charge is 0.447 e. The van der Waals surface area contributed by atoms with Gasteiger partial charge in [-0.15, -0.1) is 0 Å². The summed E-state index contributed by atoms with van der Waals surface area (Å²) in [5, 5.41) is 11.5. The van der Waals surface area contributed by atoms with Crippen LogP contribution in [0.3, 0.4) is 0 Å². The van der Waals surface area contributed by atoms with Gasteiger partial charge in [-0.2, -0.15) is 0 Å². The standard InChI is InChI=1S/C12H23NO5/c1-3-10(8-15)18-11(4-2)9-17-12(16)13-6-5-7-14/h7,10-11,15H,3-6,8-9H2,1-2H3,(H,13,16). The molecule has 106 valence electrons. The second kappa shape index (κ2) is 11.0. The molecule has 18 heavy (non-hydrogen) atoms. The van der Waals surface area contributed by atoms with Gasteiger partial charge in [0.15, 0.2) is 0 Å². The van der Waals surface area contributed by atoms with Crippen LogP contribution in [0, 0.1) is 0 Å². The van der Waals surface area contributed by atoms with E-state index in [-0.39, 0.29) is 38.4 Å². The minimum absolute atomic E-state index is 0.0431. The number of ether oxygens (including phenoxy) is 2. The van der Waals surface area contributed by atoms with E-state index >= 15 is 0 Å². The van der Waals surface area contributed by atoms with Crippen molar-refractivity contribution in [3.8, 4) is 0 Å². The van der Waals surface area contributed by atoms with E-state index in [9.17, 15) is 9.59 Å². The fourth-order valence-corrected chi connectivity index (χ4v) is 1.25. The lowest BCUT2D eigenvalue weighted by Gasteiger charge is -2.21. The zero-order valence-corrected chi connectivity index (χ0v) is 11.1. The second-order valence-electron chi connectivity index (χ2n) is 3.86. The summed E-state index contributed by atoms with van der Waals surface area (Å²) < 4.78 is 10.5. The quantitative estimate of drug-likeness (QED) is 0.450. The molecule has 1 amide bonds. The van der Waals surface area contributed by atoms with Crippen LogP contribution in [0.15, 0.2) is 0 Å². The van der Waals surface area contributed by atoms with Gasteiger partial charge in [-0.1, -0.05) is 13.8 Å². The van der Waals surface area contributed by atoms with Crippen molar-refractivity contribution in [2.75, 3.05) is 19.8 Å². The zero-order chi connectivity index (χ0) is 13.8. The fourth-order valence-electron chi connectivity index (χ4n) is 1.25. The third kappa shape index (κ3) is 8.03. The van der Waals surface area contributed by atoms with E-state index in [0.29, 0.717) is 12.8 Å². The normalized spacial score (nSPS) is 13.7. The number of carbonyl (C=O) groups excluding carboxylic acids is 2. The predicted molar refractivity (Wildman–Crippen MR) is 66.4 cm³/mol. The highest BCUT2D eigenvalue weighted by molar-refractivity contribution is 5.67. The average molecular weight is 261 g/mol. The van der Waals surface area contributed by atoms with E-state index in [1.807, 2.05) is 13.8 Å². The van der Waals surface area contributed by atoms with Crippen molar-refractivity contribution in [2.24, 2.45) is 0 Å². The molecule has 0 aliphatic carbocycles. The van der Waals surface area contributed by atoms with Gasteiger partial charge in [0.2, 0.25) is 0 Å². The highest BCUT2D eigenvalue weighted by atomic mass is 16.6. The first-order valence-corrected chi connectivity index (χ1v) is 6.28. The van der Waals surface area contributed by atoms with Crippen LogP contribution in [-0.2, 0) is 14.3 Å². The number of aliphatic hydroxyl groups excluding tert-OH is 1. The van der Waals surface area contributed by atoms with Crippen molar-refractivity contribution in [3.63, 3.8) is 0 Å². The first-order valence-electron chi connectivity index (χ1n) is 6.28. The molecule has 0 aromatic carbocycles. The fraction of sp³-hybridized carbons (Fsp3) is 0.833. The molecule has 0 radical (unpaired) electrons. The Balaban J connectivity index is 3.84. The summed E-state index contributed by atoms with van der Waals surface area (Å²) in [6.07, 6.45) is 1.39. The number of carbonyl (C=O) groups is 2. The lowest BCUT2D eigenvalue weighted by Crippen LogP contribution is -2.32. The number of nitrogens with one attached hydrogen (secondary N) is 1. The first-order chi connectivity index (χ1) is 8.67. The Morgan fingerprint density at radius 2 is 2.00 bits per heavy atom. The Morgan fingerprint density at radius 1 is 1.33 bits per heavy atom. The summed E-state index contributed by atoms with van der Waals surface area (Å²) in [5.74, 6) is 0. The van der Waals surface area contributed by atoms with Crippen LogP contribution >= 0.6 is 0 Å². The zero-order valence-electron chi connectivity index (χ0n) is 11.1. The van der Waals surface area contributed by atoms with E-state index in [1.165, 1.54) is 0 Å². The number of alkyl carbamates (subject to hydrolysis) is 1. The van der Waals surface area contributed by atoms with Crippen LogP contribution in [-0.4, -0.2) is 49.5 Å². The van der Waals surface area contributed by atoms with Crippen LogP contribution in [0.2, 0.25) is 0 Å². The number of aliphatic hydroxyl groups is 1. The molecule has 0 bridgehead atoms. The Bertz CT molecular complexity index is 231. The Hall–Kier alpha value is -1.14. The molecule has 0 aliphatic heterocycles. The second-order valence-corrected chi connectivity index (χ2v) is 3.86. The predicted octanol–water partition coefficient (Wildman–Crippen LogP) is 0.868. The van der Waals surface area contributed by atoms with Crippen molar-refractivity contribution in [1.29, 1.82) is 0 Å². The van der Waals surface area contributed by atoms with Crippen LogP contribution in [0.5, 0.6) is 0 Å². The smallest absolute Gasteiger partial charge is 0.407 e. The molecule has 0 fully saturated rings. The lowest BCUT2D eigenvalue weighted by molar-refractivity contribution is -0.107. The van der Waals surface area contributed by atoms with E-state index in [2.05, 4.69) is 5.32 Å². The molecule has 0 saturated carbocycles. The Kier molecular flexibility index (Phi) is 10.3. The topological polar surface area (TPSA) is 84.9 Å². The molecule has 0 heterocycles. The summed E-state index contributed by atoms with van der Waals surface area (Å²) in [6.45, 7) is 4.20. The third-order valence-electron chi connectivity index (χ3n) is 2.43. The number of rotatable bonds is 10. The third-order valence-corrected chi connectivity index (χ3v) is 2.43. The van der Waals surface area contributed by atoms with Gasteiger partial charge in [0.05, 0.1) is 18.8 Å². The highest BCUT2D eigenvalue weighted by Crippen LogP contribution is 2.06. The van der Waals surface area contributed by atoms with Gasteiger partial charge in [0.25, 0.3) is 0 Å². The van der Waals surface area contributed by atoms with Gasteiger partial charge in [-0.25, -0.2) is 4.79 Å². The SMILES string of the molecule is CCC(CO)OC(CC)COC(=O)NCCC=O. The summed E-state index contributed by atoms with van der Waals surface area (Å²) in [7, 11) is 0. The molecule has 6 heteroatoms. The first kappa shape index (κ1) is 16.9. The number of hydrogen-bond donors (Lipinski definition) is 2. The van der Waals surface area contributed by atoms with Crippen molar-refractivity contribution in [1.82, 2.24) is 5.32 Å². The van der Waals surface area contributed by atoms with Crippen molar-refractivity contribution in [2.45, 2.75) is 45.3 Å². The average Bonchev–Trinajstić information content (AvgIpc) is 2.39. The summed E-state index contributed by atoms with van der Waals surface area (Å²) in [4.78, 5) is 21.3. The van der Waals surface area contributed by atoms with Gasteiger partial charge in [0, 0.05) is 13.0 Å². The van der Waals surface area contributed by atoms with Crippen LogP contribution in [0.4, 0.5) is 4.79 Å². The molecule has 0 spiro atoms. The molecule has 0 aromatic heterocycles. The summed E-state index contributed by atoms with van der Waals surface area (Å²) in [5.41, 5.74) is 0. The molecule has 0 rings (SSSR count). The van der Waals surface area contributed by atoms with Crippen LogP contribution < -0.4 is 5.32 Å². The Morgan fingerprint density at radius 3 is 2.50 bits per heavy atom. The van der Waals surface area contributed by atoms with Gasteiger partial charge in [0.1, 0.15) is 12.9 Å². The molecule has 0 aromatic rings. The highest BCUT2D eigenvalue weighted by Gasteiger charge is 2.15. The number of amides is 1. The van der Waals surface area contributed by atoms with E-state index in [4.69, 9.17) is 14.6 Å². The van der Waals surface area contributed by atoms with Crippen LogP contribution in [0.25, 0.3) is 0 Å². The lowest BCUT2D eigenvalue weighted by atomic mass is 10.2. The summed E-state index contributed by atoms with van der Waals surface area (Å²) >= 11 is 0. The molecule has 0 saturated heterocycles. The van der Waals surface area contributed by atoms with E-state index in [1.54, 1.807) is 0 Å². The monoisotopic (exact) mass is 261 g/mol. The molecule has 6 nitrogen and oxygen atoms in total. The molecular weight excluding hydrogens is 238 g/mol. The van der Waals surface area contributed by atoms with Crippen molar-refractivity contribution >= 4 is 12.4 Å². The molecular formula is C12H23NO5. The van der Waals surface area contributed by atoms with Gasteiger partial charge >= 0.3 is 6.09 Å². The van der Waals surface area contributed by atoms with Crippen molar-refractivity contribution in [3.05, 3.63) is 0 Å². The molecule has 0 aliphatic rings. The van der Waals surface area contributed by atoms with Gasteiger partial charge < -0.3 is 24.7 Å². The van der Waals surface area contributed by atoms with E-state index < -0.39 is 6.09 Å². The molecule has 2 unspecified atom stereocenters. The maximum atomic E-state index is 11.2. The van der Waals surface area contributed by atoms with Gasteiger partial charge in [-0.05, 0) is 12.8 Å². The van der Waals surface area contributed by atoms with Crippen molar-refractivity contribution < 1.29 is 24.2 Å². The Labute approximate surface area is 108 Å².